The van der Waals surface area contributed by atoms with E-state index in [2.05, 4.69) is 47.5 Å². The van der Waals surface area contributed by atoms with Gasteiger partial charge in [-0.1, -0.05) is 12.6 Å². The molecule has 0 amide bonds. The van der Waals surface area contributed by atoms with Crippen molar-refractivity contribution in [2.24, 2.45) is 0 Å². The molecule has 2 rings (SSSR count). The van der Waals surface area contributed by atoms with Crippen LogP contribution in [0.25, 0.3) is 11.5 Å². The third-order valence-electron chi connectivity index (χ3n) is 3.18. The largest absolute Gasteiger partial charge is 0.462 e. The maximum atomic E-state index is 10.4. The number of benzene rings is 1. The van der Waals surface area contributed by atoms with E-state index in [9.17, 15) is 4.79 Å². The topological polar surface area (TPSA) is 74.5 Å². The van der Waals surface area contributed by atoms with Crippen molar-refractivity contribution in [3.8, 4) is 11.5 Å². The van der Waals surface area contributed by atoms with Crippen molar-refractivity contribution < 1.29 is 18.7 Å². The van der Waals surface area contributed by atoms with E-state index in [4.69, 9.17) is 9.15 Å². The van der Waals surface area contributed by atoms with Crippen molar-refractivity contribution in [3.63, 3.8) is 0 Å². The number of aromatic nitrogens is 2. The van der Waals surface area contributed by atoms with E-state index >= 15 is 0 Å². The van der Waals surface area contributed by atoms with E-state index in [1.54, 1.807) is 14.0 Å². The first-order valence-electron chi connectivity index (χ1n) is 7.63. The minimum atomic E-state index is -0.379. The molecule has 0 saturated heterocycles. The summed E-state index contributed by atoms with van der Waals surface area (Å²) in [5.41, 5.74) is 3.48. The Labute approximate surface area is 142 Å². The van der Waals surface area contributed by atoms with Crippen LogP contribution in [0.1, 0.15) is 23.4 Å². The van der Waals surface area contributed by atoms with Gasteiger partial charge >= 0.3 is 5.97 Å². The van der Waals surface area contributed by atoms with E-state index in [-0.39, 0.29) is 5.97 Å². The number of hydrogen-bond acceptors (Lipinski definition) is 6. The van der Waals surface area contributed by atoms with Crippen LogP contribution < -0.4 is 0 Å². The SMILES string of the molecule is C=CC(=O)OCCCOC.Cc1nnc(-c2ccc(C)c(C)c2)o1. The van der Waals surface area contributed by atoms with Gasteiger partial charge in [-0.25, -0.2) is 4.79 Å². The Balaban J connectivity index is 0.000000257. The average Bonchev–Trinajstić information content (AvgIpc) is 3.01. The lowest BCUT2D eigenvalue weighted by atomic mass is 10.1. The van der Waals surface area contributed by atoms with Crippen molar-refractivity contribution in [2.75, 3.05) is 20.3 Å². The molecular formula is C18H24N2O4. The van der Waals surface area contributed by atoms with Crippen LogP contribution in [0.5, 0.6) is 0 Å². The summed E-state index contributed by atoms with van der Waals surface area (Å²) >= 11 is 0. The normalized spacial score (nSPS) is 9.83. The molecular weight excluding hydrogens is 308 g/mol. The predicted octanol–water partition coefficient (Wildman–Crippen LogP) is 3.41. The first-order valence-corrected chi connectivity index (χ1v) is 7.63. The van der Waals surface area contributed by atoms with Gasteiger partial charge in [-0.2, -0.15) is 0 Å². The predicted molar refractivity (Wildman–Crippen MR) is 91.6 cm³/mol. The Bertz CT molecular complexity index is 665. The molecule has 1 heterocycles. The minimum Gasteiger partial charge on any atom is -0.462 e. The van der Waals surface area contributed by atoms with Crippen molar-refractivity contribution in [3.05, 3.63) is 47.9 Å². The molecule has 0 atom stereocenters. The fraction of sp³-hybridized carbons (Fsp3) is 0.389. The van der Waals surface area contributed by atoms with Gasteiger partial charge in [0.1, 0.15) is 0 Å². The van der Waals surface area contributed by atoms with E-state index in [0.29, 0.717) is 25.0 Å². The molecule has 0 saturated carbocycles. The third kappa shape index (κ3) is 6.75. The Morgan fingerprint density at radius 1 is 1.21 bits per heavy atom. The Kier molecular flexibility index (Phi) is 8.43. The van der Waals surface area contributed by atoms with Crippen LogP contribution in [0.15, 0.2) is 35.3 Å². The number of esters is 1. The summed E-state index contributed by atoms with van der Waals surface area (Å²) in [7, 11) is 1.61. The van der Waals surface area contributed by atoms with Crippen molar-refractivity contribution in [1.82, 2.24) is 10.2 Å². The maximum absolute atomic E-state index is 10.4. The lowest BCUT2D eigenvalue weighted by molar-refractivity contribution is -0.138. The lowest BCUT2D eigenvalue weighted by Crippen LogP contribution is -2.03. The highest BCUT2D eigenvalue weighted by Crippen LogP contribution is 2.20. The van der Waals surface area contributed by atoms with E-state index < -0.39 is 0 Å². The molecule has 24 heavy (non-hydrogen) atoms. The molecule has 0 bridgehead atoms. The van der Waals surface area contributed by atoms with E-state index in [1.807, 2.05) is 6.07 Å². The highest BCUT2D eigenvalue weighted by atomic mass is 16.5. The summed E-state index contributed by atoms with van der Waals surface area (Å²) in [6, 6.07) is 6.11. The summed E-state index contributed by atoms with van der Waals surface area (Å²) in [5, 5.41) is 7.77. The zero-order chi connectivity index (χ0) is 17.9. The average molecular weight is 332 g/mol. The van der Waals surface area contributed by atoms with Gasteiger partial charge in [0.05, 0.1) is 6.61 Å². The van der Waals surface area contributed by atoms with Gasteiger partial charge in [-0.15, -0.1) is 10.2 Å². The van der Waals surface area contributed by atoms with Gasteiger partial charge in [0, 0.05) is 38.7 Å². The highest BCUT2D eigenvalue weighted by Gasteiger charge is 2.06. The standard InChI is InChI=1S/C11H12N2O.C7H12O3/c1-7-4-5-10(6-8(7)2)11-13-12-9(3)14-11;1-3-7(8)10-6-4-5-9-2/h4-6H,1-3H3;3H,1,4-6H2,2H3. The first kappa shape index (κ1) is 19.6. The number of aryl methyl sites for hydroxylation is 3. The number of nitrogens with zero attached hydrogens (tertiary/aromatic N) is 2. The molecule has 2 aromatic rings. The van der Waals surface area contributed by atoms with Crippen molar-refractivity contribution >= 4 is 5.97 Å². The summed E-state index contributed by atoms with van der Waals surface area (Å²) < 4.78 is 14.7. The number of carbonyl (C=O) groups is 1. The van der Waals surface area contributed by atoms with Crippen LogP contribution in [-0.2, 0) is 14.3 Å². The molecule has 0 N–H and O–H groups in total. The number of hydrogen-bond donors (Lipinski definition) is 0. The maximum Gasteiger partial charge on any atom is 0.330 e. The van der Waals surface area contributed by atoms with Gasteiger partial charge in [-0.3, -0.25) is 0 Å². The fourth-order valence-electron chi connectivity index (χ4n) is 1.72. The molecule has 6 nitrogen and oxygen atoms in total. The number of ether oxygens (including phenoxy) is 2. The zero-order valence-corrected chi connectivity index (χ0v) is 14.7. The molecule has 0 aliphatic heterocycles. The van der Waals surface area contributed by atoms with Gasteiger partial charge < -0.3 is 13.9 Å². The lowest BCUT2D eigenvalue weighted by Gasteiger charge is -2.00. The Morgan fingerprint density at radius 3 is 2.50 bits per heavy atom. The van der Waals surface area contributed by atoms with Crippen LogP contribution in [-0.4, -0.2) is 36.5 Å². The quantitative estimate of drug-likeness (QED) is 0.458. The molecule has 130 valence electrons. The van der Waals surface area contributed by atoms with Crippen LogP contribution in [0.3, 0.4) is 0 Å². The second kappa shape index (κ2) is 10.3. The summed E-state index contributed by atoms with van der Waals surface area (Å²) in [5.74, 6) is 0.805. The Morgan fingerprint density at radius 2 is 1.96 bits per heavy atom. The van der Waals surface area contributed by atoms with Crippen LogP contribution >= 0.6 is 0 Å². The van der Waals surface area contributed by atoms with Gasteiger partial charge in [0.2, 0.25) is 11.8 Å². The van der Waals surface area contributed by atoms with E-state index in [0.717, 1.165) is 18.1 Å². The summed E-state index contributed by atoms with van der Waals surface area (Å²) in [6.07, 6.45) is 1.88. The van der Waals surface area contributed by atoms with Crippen LogP contribution in [0, 0.1) is 20.8 Å². The molecule has 1 aromatic heterocycles. The molecule has 0 radical (unpaired) electrons. The second-order valence-corrected chi connectivity index (χ2v) is 5.14. The molecule has 0 fully saturated rings. The van der Waals surface area contributed by atoms with Crippen molar-refractivity contribution in [1.29, 1.82) is 0 Å². The molecule has 0 aliphatic rings. The Hall–Kier alpha value is -2.47. The monoisotopic (exact) mass is 332 g/mol. The molecule has 6 heteroatoms. The van der Waals surface area contributed by atoms with Crippen molar-refractivity contribution in [2.45, 2.75) is 27.2 Å². The molecule has 1 aromatic carbocycles. The molecule has 0 unspecified atom stereocenters. The fourth-order valence-corrected chi connectivity index (χ4v) is 1.72. The number of methoxy groups -OCH3 is 1. The van der Waals surface area contributed by atoms with E-state index in [1.165, 1.54) is 11.1 Å². The van der Waals surface area contributed by atoms with Crippen LogP contribution in [0.4, 0.5) is 0 Å². The summed E-state index contributed by atoms with van der Waals surface area (Å²) in [6.45, 7) is 10.2. The summed E-state index contributed by atoms with van der Waals surface area (Å²) in [4.78, 5) is 10.4. The second-order valence-electron chi connectivity index (χ2n) is 5.14. The highest BCUT2D eigenvalue weighted by molar-refractivity contribution is 5.81. The first-order chi connectivity index (χ1) is 11.5. The number of carbonyl (C=O) groups excluding carboxylic acids is 1. The van der Waals surface area contributed by atoms with Gasteiger partial charge in [0.25, 0.3) is 0 Å². The zero-order valence-electron chi connectivity index (χ0n) is 14.7. The smallest absolute Gasteiger partial charge is 0.330 e. The third-order valence-corrected chi connectivity index (χ3v) is 3.18. The minimum absolute atomic E-state index is 0.379. The van der Waals surface area contributed by atoms with Crippen LogP contribution in [0.2, 0.25) is 0 Å². The van der Waals surface area contributed by atoms with Gasteiger partial charge in [-0.05, 0) is 37.1 Å². The number of rotatable bonds is 6. The molecule has 0 spiro atoms. The molecule has 0 aliphatic carbocycles. The van der Waals surface area contributed by atoms with Gasteiger partial charge in [0.15, 0.2) is 0 Å².